The fourth-order valence-corrected chi connectivity index (χ4v) is 7.04. The van der Waals surface area contributed by atoms with Crippen molar-refractivity contribution in [1.29, 1.82) is 0 Å². The predicted octanol–water partition coefficient (Wildman–Crippen LogP) is 15.5. The Morgan fingerprint density at radius 3 is 1.09 bits per heavy atom. The van der Waals surface area contributed by atoms with E-state index >= 15 is 0 Å². The van der Waals surface area contributed by atoms with Gasteiger partial charge in [-0.25, -0.2) is 4.79 Å². The van der Waals surface area contributed by atoms with E-state index in [0.29, 0.717) is 48.4 Å². The van der Waals surface area contributed by atoms with E-state index < -0.39 is 5.97 Å². The molecule has 0 saturated heterocycles. The van der Waals surface area contributed by atoms with Crippen molar-refractivity contribution in [2.45, 2.75) is 213 Å². The zero-order chi connectivity index (χ0) is 39.4. The molecule has 0 atom stereocenters. The van der Waals surface area contributed by atoms with Crippen LogP contribution in [0.4, 0.5) is 0 Å². The lowest BCUT2D eigenvalue weighted by atomic mass is 10.1. The Balaban J connectivity index is 2.05. The number of ether oxygens (including phenoxy) is 4. The lowest BCUT2D eigenvalue weighted by Crippen LogP contribution is -2.12. The molecule has 55 heavy (non-hydrogen) atoms. The minimum Gasteiger partial charge on any atom is -0.508 e. The summed E-state index contributed by atoms with van der Waals surface area (Å²) in [7, 11) is 0. The summed E-state index contributed by atoms with van der Waals surface area (Å²) >= 11 is 0. The van der Waals surface area contributed by atoms with Crippen molar-refractivity contribution in [3.8, 4) is 28.7 Å². The number of rotatable bonds is 38. The highest BCUT2D eigenvalue weighted by molar-refractivity contribution is 5.92. The monoisotopic (exact) mass is 767 g/mol. The molecule has 0 spiro atoms. The molecular formula is C49H82O6. The van der Waals surface area contributed by atoms with Gasteiger partial charge in [-0.2, -0.15) is 0 Å². The van der Waals surface area contributed by atoms with Gasteiger partial charge in [-0.05, 0) is 55.7 Å². The molecule has 314 valence electrons. The number of carbonyl (C=O) groups excluding carboxylic acids is 1. The van der Waals surface area contributed by atoms with Gasteiger partial charge in [-0.15, -0.1) is 0 Å². The third kappa shape index (κ3) is 25.1. The van der Waals surface area contributed by atoms with Gasteiger partial charge in [0.05, 0.1) is 25.4 Å². The highest BCUT2D eigenvalue weighted by atomic mass is 16.5. The molecule has 0 bridgehead atoms. The first-order chi connectivity index (χ1) is 27.1. The highest BCUT2D eigenvalue weighted by Crippen LogP contribution is 2.40. The molecular weight excluding hydrogens is 685 g/mol. The number of hydrogen-bond acceptors (Lipinski definition) is 6. The molecule has 2 aromatic rings. The van der Waals surface area contributed by atoms with Crippen molar-refractivity contribution < 1.29 is 28.8 Å². The van der Waals surface area contributed by atoms with Crippen molar-refractivity contribution in [3.05, 3.63) is 42.0 Å². The molecule has 6 nitrogen and oxygen atoms in total. The van der Waals surface area contributed by atoms with Gasteiger partial charge in [0.25, 0.3) is 0 Å². The maximum Gasteiger partial charge on any atom is 0.343 e. The third-order valence-corrected chi connectivity index (χ3v) is 10.6. The van der Waals surface area contributed by atoms with Crippen molar-refractivity contribution >= 4 is 5.97 Å². The van der Waals surface area contributed by atoms with Crippen LogP contribution in [0.2, 0.25) is 0 Å². The Labute approximate surface area is 337 Å². The summed E-state index contributed by atoms with van der Waals surface area (Å²) in [4.78, 5) is 13.5. The molecule has 0 fully saturated rings. The first-order valence-corrected chi connectivity index (χ1v) is 23.2. The Morgan fingerprint density at radius 1 is 0.436 bits per heavy atom. The van der Waals surface area contributed by atoms with E-state index in [4.69, 9.17) is 18.9 Å². The van der Waals surface area contributed by atoms with Crippen LogP contribution in [0.3, 0.4) is 0 Å². The van der Waals surface area contributed by atoms with Crippen LogP contribution < -0.4 is 18.9 Å². The Bertz CT molecular complexity index is 1130. The largest absolute Gasteiger partial charge is 0.508 e. The number of phenols is 1. The van der Waals surface area contributed by atoms with Crippen LogP contribution in [0.15, 0.2) is 36.4 Å². The van der Waals surface area contributed by atoms with E-state index in [1.807, 2.05) is 0 Å². The van der Waals surface area contributed by atoms with Crippen molar-refractivity contribution in [2.24, 2.45) is 0 Å². The van der Waals surface area contributed by atoms with E-state index in [2.05, 4.69) is 20.8 Å². The molecule has 6 heteroatoms. The van der Waals surface area contributed by atoms with Crippen LogP contribution in [-0.2, 0) is 0 Å². The van der Waals surface area contributed by atoms with Crippen LogP contribution in [0.25, 0.3) is 0 Å². The summed E-state index contributed by atoms with van der Waals surface area (Å²) < 4.78 is 25.0. The van der Waals surface area contributed by atoms with Crippen LogP contribution in [-0.4, -0.2) is 30.9 Å². The molecule has 2 aromatic carbocycles. The molecule has 0 saturated carbocycles. The summed E-state index contributed by atoms with van der Waals surface area (Å²) in [6.45, 7) is 8.49. The molecule has 0 amide bonds. The maximum absolute atomic E-state index is 13.5. The van der Waals surface area contributed by atoms with Gasteiger partial charge in [-0.3, -0.25) is 0 Å². The van der Waals surface area contributed by atoms with Gasteiger partial charge in [-0.1, -0.05) is 194 Å². The number of benzene rings is 2. The predicted molar refractivity (Wildman–Crippen MR) is 232 cm³/mol. The fraction of sp³-hybridized carbons (Fsp3) is 0.735. The summed E-state index contributed by atoms with van der Waals surface area (Å²) in [5.74, 6) is 1.66. The van der Waals surface area contributed by atoms with Gasteiger partial charge in [0, 0.05) is 0 Å². The molecule has 2 rings (SSSR count). The molecule has 0 radical (unpaired) electrons. The zero-order valence-electron chi connectivity index (χ0n) is 35.8. The average molecular weight is 767 g/mol. The SMILES string of the molecule is CCCCCCCCCCCCOc1cc(C(=O)Oc2ccc(O)cc2)cc(OCCCCCCCCCCCC)c1OCCCCCCCCCCCC. The highest BCUT2D eigenvalue weighted by Gasteiger charge is 2.20. The van der Waals surface area contributed by atoms with Gasteiger partial charge in [0.15, 0.2) is 11.5 Å². The minimum atomic E-state index is -0.500. The molecule has 0 aliphatic carbocycles. The van der Waals surface area contributed by atoms with E-state index in [0.717, 1.165) is 38.5 Å². The van der Waals surface area contributed by atoms with Crippen molar-refractivity contribution in [3.63, 3.8) is 0 Å². The van der Waals surface area contributed by atoms with Gasteiger partial charge < -0.3 is 24.1 Å². The fourth-order valence-electron chi connectivity index (χ4n) is 7.04. The molecule has 0 aromatic heterocycles. The number of carbonyl (C=O) groups is 1. The van der Waals surface area contributed by atoms with E-state index in [9.17, 15) is 9.90 Å². The summed E-state index contributed by atoms with van der Waals surface area (Å²) in [6, 6.07) is 9.69. The normalized spacial score (nSPS) is 11.2. The first kappa shape index (κ1) is 48.3. The van der Waals surface area contributed by atoms with E-state index in [1.165, 1.54) is 166 Å². The molecule has 1 N–H and O–H groups in total. The Morgan fingerprint density at radius 2 is 0.745 bits per heavy atom. The second kappa shape index (κ2) is 34.4. The molecule has 0 aliphatic heterocycles. The van der Waals surface area contributed by atoms with Crippen LogP contribution in [0, 0.1) is 0 Å². The maximum atomic E-state index is 13.5. The number of phenolic OH excluding ortho intramolecular Hbond substituents is 1. The number of aromatic hydroxyl groups is 1. The third-order valence-electron chi connectivity index (χ3n) is 10.6. The van der Waals surface area contributed by atoms with Gasteiger partial charge >= 0.3 is 5.97 Å². The molecule has 0 unspecified atom stereocenters. The smallest absolute Gasteiger partial charge is 0.343 e. The molecule has 0 heterocycles. The van der Waals surface area contributed by atoms with E-state index in [1.54, 1.807) is 24.3 Å². The Hall–Kier alpha value is -2.89. The van der Waals surface area contributed by atoms with Gasteiger partial charge in [0.1, 0.15) is 11.5 Å². The van der Waals surface area contributed by atoms with Crippen molar-refractivity contribution in [1.82, 2.24) is 0 Å². The lowest BCUT2D eigenvalue weighted by Gasteiger charge is -2.19. The summed E-state index contributed by atoms with van der Waals surface area (Å²) in [6.07, 6.45) is 37.8. The van der Waals surface area contributed by atoms with Crippen LogP contribution >= 0.6 is 0 Å². The number of hydrogen-bond donors (Lipinski definition) is 1. The lowest BCUT2D eigenvalue weighted by molar-refractivity contribution is 0.0733. The van der Waals surface area contributed by atoms with Crippen molar-refractivity contribution in [2.75, 3.05) is 19.8 Å². The topological polar surface area (TPSA) is 74.2 Å². The second-order valence-corrected chi connectivity index (χ2v) is 15.8. The summed E-state index contributed by atoms with van der Waals surface area (Å²) in [5, 5.41) is 9.71. The van der Waals surface area contributed by atoms with Crippen LogP contribution in [0.1, 0.15) is 224 Å². The number of unbranched alkanes of at least 4 members (excludes halogenated alkanes) is 27. The standard InChI is InChI=1S/C49H82O6/c1-4-7-10-13-16-19-22-25-28-31-38-52-46-41-43(49(51)55-45-36-34-44(50)35-37-45)42-47(53-39-32-29-26-23-20-17-14-11-8-5-2)48(46)54-40-33-30-27-24-21-18-15-12-9-6-3/h34-37,41-42,50H,4-33,38-40H2,1-3H3. The van der Waals surface area contributed by atoms with E-state index in [-0.39, 0.29) is 5.75 Å². The average Bonchev–Trinajstić information content (AvgIpc) is 3.19. The van der Waals surface area contributed by atoms with Crippen LogP contribution in [0.5, 0.6) is 28.7 Å². The second-order valence-electron chi connectivity index (χ2n) is 15.8. The summed E-state index contributed by atoms with van der Waals surface area (Å²) in [5.41, 5.74) is 0.357. The van der Waals surface area contributed by atoms with Gasteiger partial charge in [0.2, 0.25) is 5.75 Å². The number of esters is 1. The first-order valence-electron chi connectivity index (χ1n) is 23.2. The quantitative estimate of drug-likeness (QED) is 0.0417. The zero-order valence-corrected chi connectivity index (χ0v) is 35.8. The minimum absolute atomic E-state index is 0.119. The molecule has 0 aliphatic rings. The Kier molecular flexibility index (Phi) is 30.2.